The lowest BCUT2D eigenvalue weighted by atomic mass is 10.1. The maximum Gasteiger partial charge on any atom is 0.185 e. The topological polar surface area (TPSA) is 60.6 Å². The van der Waals surface area contributed by atoms with Crippen molar-refractivity contribution in [1.29, 1.82) is 0 Å². The number of nitrogens with one attached hydrogen (secondary N) is 4. The van der Waals surface area contributed by atoms with Crippen LogP contribution in [0.15, 0.2) is 0 Å². The largest absolute Gasteiger partial charge is 0.379 e. The van der Waals surface area contributed by atoms with Crippen LogP contribution < -0.4 is 21.5 Å². The van der Waals surface area contributed by atoms with Crippen molar-refractivity contribution < 1.29 is 4.74 Å². The Kier molecular flexibility index (Phi) is 9.56. The summed E-state index contributed by atoms with van der Waals surface area (Å²) < 4.78 is 5.31. The van der Waals surface area contributed by atoms with Gasteiger partial charge in [-0.2, -0.15) is 0 Å². The number of thiocarbonyl (C=S) groups is 2. The van der Waals surface area contributed by atoms with E-state index >= 15 is 0 Å². The third-order valence-corrected chi connectivity index (χ3v) is 3.61. The van der Waals surface area contributed by atoms with Crippen LogP contribution in [-0.4, -0.2) is 61.1 Å². The highest BCUT2D eigenvalue weighted by Crippen LogP contribution is 1.96. The molecule has 0 aromatic rings. The van der Waals surface area contributed by atoms with Gasteiger partial charge in [0.15, 0.2) is 10.2 Å². The number of hydrogen-bond donors (Lipinski definition) is 4. The number of hydrazine groups is 1. The van der Waals surface area contributed by atoms with Crippen molar-refractivity contribution >= 4 is 34.7 Å². The summed E-state index contributed by atoms with van der Waals surface area (Å²) >= 11 is 10.3. The number of hydrogen-bond acceptors (Lipinski definition) is 4. The predicted octanol–water partition coefficient (Wildman–Crippen LogP) is 0.208. The summed E-state index contributed by atoms with van der Waals surface area (Å²) in [5, 5.41) is 7.39. The summed E-state index contributed by atoms with van der Waals surface area (Å²) in [5.41, 5.74) is 5.76. The van der Waals surface area contributed by atoms with E-state index in [-0.39, 0.29) is 0 Å². The molecular weight excluding hydrogens is 306 g/mol. The van der Waals surface area contributed by atoms with E-state index < -0.39 is 0 Å². The lowest BCUT2D eigenvalue weighted by Crippen LogP contribution is -2.51. The van der Waals surface area contributed by atoms with Crippen LogP contribution in [-0.2, 0) is 4.74 Å². The molecule has 0 aromatic carbocycles. The molecule has 0 radical (unpaired) electrons. The van der Waals surface area contributed by atoms with Crippen LogP contribution in [0.25, 0.3) is 0 Å². The fourth-order valence-electron chi connectivity index (χ4n) is 1.83. The van der Waals surface area contributed by atoms with Gasteiger partial charge in [0.05, 0.1) is 13.2 Å². The highest BCUT2D eigenvalue weighted by atomic mass is 32.1. The van der Waals surface area contributed by atoms with Gasteiger partial charge in [0, 0.05) is 32.7 Å². The van der Waals surface area contributed by atoms with Crippen LogP contribution in [0.4, 0.5) is 0 Å². The quantitative estimate of drug-likeness (QED) is 0.406. The molecule has 1 rings (SSSR count). The summed E-state index contributed by atoms with van der Waals surface area (Å²) in [6, 6.07) is 0. The molecule has 8 heteroatoms. The van der Waals surface area contributed by atoms with Gasteiger partial charge in [-0.1, -0.05) is 13.8 Å². The van der Waals surface area contributed by atoms with Gasteiger partial charge < -0.3 is 15.4 Å². The molecule has 4 N–H and O–H groups in total. The molecule has 1 saturated heterocycles. The van der Waals surface area contributed by atoms with E-state index in [9.17, 15) is 0 Å². The number of rotatable bonds is 6. The molecule has 0 amide bonds. The lowest BCUT2D eigenvalue weighted by Gasteiger charge is -2.26. The molecule has 0 saturated carbocycles. The van der Waals surface area contributed by atoms with Gasteiger partial charge in [0.25, 0.3) is 0 Å². The second-order valence-electron chi connectivity index (χ2n) is 5.40. The Balaban J connectivity index is 1.98. The van der Waals surface area contributed by atoms with E-state index in [0.717, 1.165) is 52.4 Å². The zero-order chi connectivity index (χ0) is 15.5. The van der Waals surface area contributed by atoms with Gasteiger partial charge in [-0.15, -0.1) is 0 Å². The molecule has 1 heterocycles. The standard InChI is InChI=1S/C13H27N5OS2/c1-11(2)3-4-14-12(20)16-17-13(21)15-5-6-18-7-9-19-10-8-18/h11H,3-10H2,1-2H3,(H2,14,16,20)(H2,15,17,21). The summed E-state index contributed by atoms with van der Waals surface area (Å²) in [5.74, 6) is 0.663. The van der Waals surface area contributed by atoms with Crippen molar-refractivity contribution in [2.24, 2.45) is 5.92 Å². The second kappa shape index (κ2) is 10.9. The third-order valence-electron chi connectivity index (χ3n) is 3.11. The van der Waals surface area contributed by atoms with Crippen LogP contribution in [0.2, 0.25) is 0 Å². The molecule has 6 nitrogen and oxygen atoms in total. The van der Waals surface area contributed by atoms with Crippen LogP contribution in [0, 0.1) is 5.92 Å². The van der Waals surface area contributed by atoms with Crippen molar-refractivity contribution in [2.45, 2.75) is 20.3 Å². The first kappa shape index (κ1) is 18.3. The van der Waals surface area contributed by atoms with Gasteiger partial charge in [-0.05, 0) is 36.8 Å². The van der Waals surface area contributed by atoms with Crippen molar-refractivity contribution in [3.05, 3.63) is 0 Å². The molecule has 1 fully saturated rings. The Hall–Kier alpha value is -0.700. The molecule has 122 valence electrons. The van der Waals surface area contributed by atoms with E-state index in [1.165, 1.54) is 0 Å². The lowest BCUT2D eigenvalue weighted by molar-refractivity contribution is 0.0389. The Morgan fingerprint density at radius 1 is 1.05 bits per heavy atom. The zero-order valence-electron chi connectivity index (χ0n) is 12.9. The van der Waals surface area contributed by atoms with E-state index in [0.29, 0.717) is 16.1 Å². The first-order chi connectivity index (χ1) is 10.1. The van der Waals surface area contributed by atoms with Gasteiger partial charge in [0.1, 0.15) is 0 Å². The van der Waals surface area contributed by atoms with Crippen LogP contribution in [0.5, 0.6) is 0 Å². The molecule has 0 spiro atoms. The fraction of sp³-hybridized carbons (Fsp3) is 0.846. The predicted molar refractivity (Wildman–Crippen MR) is 94.2 cm³/mol. The highest BCUT2D eigenvalue weighted by Gasteiger charge is 2.09. The minimum absolute atomic E-state index is 0.552. The minimum atomic E-state index is 0.552. The molecule has 0 aromatic heterocycles. The highest BCUT2D eigenvalue weighted by molar-refractivity contribution is 7.80. The molecule has 1 aliphatic rings. The average Bonchev–Trinajstić information content (AvgIpc) is 2.46. The summed E-state index contributed by atoms with van der Waals surface area (Å²) in [6.45, 7) is 10.6. The molecule has 1 aliphatic heterocycles. The van der Waals surface area contributed by atoms with Crippen LogP contribution in [0.1, 0.15) is 20.3 Å². The second-order valence-corrected chi connectivity index (χ2v) is 6.21. The summed E-state index contributed by atoms with van der Waals surface area (Å²) in [4.78, 5) is 2.35. The van der Waals surface area contributed by atoms with Gasteiger partial charge in [0.2, 0.25) is 0 Å². The SMILES string of the molecule is CC(C)CCNC(=S)NNC(=S)NCCN1CCOCC1. The van der Waals surface area contributed by atoms with E-state index in [1.54, 1.807) is 0 Å². The number of morpholine rings is 1. The average molecular weight is 334 g/mol. The number of ether oxygens (including phenoxy) is 1. The van der Waals surface area contributed by atoms with Gasteiger partial charge >= 0.3 is 0 Å². The van der Waals surface area contributed by atoms with Gasteiger partial charge in [-0.25, -0.2) is 0 Å². The fourth-order valence-corrected chi connectivity index (χ4v) is 2.13. The monoisotopic (exact) mass is 333 g/mol. The first-order valence-corrected chi connectivity index (χ1v) is 8.27. The molecule has 0 atom stereocenters. The Morgan fingerprint density at radius 3 is 2.19 bits per heavy atom. The van der Waals surface area contributed by atoms with Crippen LogP contribution in [0.3, 0.4) is 0 Å². The smallest absolute Gasteiger partial charge is 0.185 e. The third kappa shape index (κ3) is 9.78. The Bertz CT molecular complexity index is 322. The van der Waals surface area contributed by atoms with E-state index in [4.69, 9.17) is 29.2 Å². The first-order valence-electron chi connectivity index (χ1n) is 7.45. The summed E-state index contributed by atoms with van der Waals surface area (Å²) in [6.07, 6.45) is 1.09. The van der Waals surface area contributed by atoms with Crippen LogP contribution >= 0.6 is 24.4 Å². The Morgan fingerprint density at radius 2 is 1.62 bits per heavy atom. The molecular formula is C13H27N5OS2. The van der Waals surface area contributed by atoms with Crippen molar-refractivity contribution in [1.82, 2.24) is 26.4 Å². The summed E-state index contributed by atoms with van der Waals surface area (Å²) in [7, 11) is 0. The normalized spacial score (nSPS) is 15.6. The Labute approximate surface area is 138 Å². The molecule has 0 unspecified atom stereocenters. The van der Waals surface area contributed by atoms with Crippen molar-refractivity contribution in [3.8, 4) is 0 Å². The maximum absolute atomic E-state index is 5.31. The van der Waals surface area contributed by atoms with Crippen molar-refractivity contribution in [2.75, 3.05) is 45.9 Å². The number of nitrogens with zero attached hydrogens (tertiary/aromatic N) is 1. The molecule has 0 aliphatic carbocycles. The van der Waals surface area contributed by atoms with Crippen molar-refractivity contribution in [3.63, 3.8) is 0 Å². The van der Waals surface area contributed by atoms with E-state index in [1.807, 2.05) is 0 Å². The van der Waals surface area contributed by atoms with Gasteiger partial charge in [-0.3, -0.25) is 15.8 Å². The van der Waals surface area contributed by atoms with E-state index in [2.05, 4.69) is 40.2 Å². The molecule has 21 heavy (non-hydrogen) atoms. The molecule has 0 bridgehead atoms. The maximum atomic E-state index is 5.31. The minimum Gasteiger partial charge on any atom is -0.379 e. The zero-order valence-corrected chi connectivity index (χ0v) is 14.5.